The normalized spacial score (nSPS) is 11.3. The summed E-state index contributed by atoms with van der Waals surface area (Å²) in [4.78, 5) is 11.6. The second kappa shape index (κ2) is 6.57. The number of carbonyl (C=O) groups excluding carboxylic acids is 1. The highest BCUT2D eigenvalue weighted by Gasteiger charge is 1.94. The van der Waals surface area contributed by atoms with Crippen LogP contribution in [0.2, 0.25) is 0 Å². The van der Waals surface area contributed by atoms with Crippen molar-refractivity contribution < 1.29 is 13.6 Å². The molecule has 0 aliphatic heterocycles. The molecule has 0 radical (unpaired) electrons. The lowest BCUT2D eigenvalue weighted by molar-refractivity contribution is -0.110. The Bertz CT molecular complexity index is 615. The lowest BCUT2D eigenvalue weighted by atomic mass is 10.1. The Morgan fingerprint density at radius 2 is 1.25 bits per heavy atom. The Morgan fingerprint density at radius 3 is 1.65 bits per heavy atom. The Morgan fingerprint density at radius 1 is 0.800 bits per heavy atom. The molecule has 2 aromatic rings. The minimum absolute atomic E-state index is 0.251. The smallest absolute Gasteiger partial charge is 0.178 e. The number of hydrogen-bond donors (Lipinski definition) is 0. The molecule has 0 aromatic heterocycles. The highest BCUT2D eigenvalue weighted by molar-refractivity contribution is 6.04. The molecule has 0 saturated heterocycles. The van der Waals surface area contributed by atoms with Crippen molar-refractivity contribution in [3.8, 4) is 0 Å². The third kappa shape index (κ3) is 4.28. The van der Waals surface area contributed by atoms with E-state index in [4.69, 9.17) is 0 Å². The molecule has 100 valence electrons. The van der Waals surface area contributed by atoms with Crippen LogP contribution in [0.1, 0.15) is 11.1 Å². The predicted octanol–water partition coefficient (Wildman–Crippen LogP) is 4.26. The first-order valence-corrected chi connectivity index (χ1v) is 6.05. The lowest BCUT2D eigenvalue weighted by Crippen LogP contribution is -1.85. The van der Waals surface area contributed by atoms with Crippen molar-refractivity contribution in [3.63, 3.8) is 0 Å². The fourth-order valence-electron chi connectivity index (χ4n) is 1.63. The molecule has 3 heteroatoms. The largest absolute Gasteiger partial charge is 0.290 e. The van der Waals surface area contributed by atoms with Gasteiger partial charge in [0.2, 0.25) is 0 Å². The van der Waals surface area contributed by atoms with E-state index in [1.54, 1.807) is 24.3 Å². The summed E-state index contributed by atoms with van der Waals surface area (Å²) in [6.45, 7) is 0. The summed E-state index contributed by atoms with van der Waals surface area (Å²) < 4.78 is 25.9. The molecule has 2 aromatic carbocycles. The van der Waals surface area contributed by atoms with Crippen LogP contribution in [0.5, 0.6) is 0 Å². The van der Waals surface area contributed by atoms with Gasteiger partial charge < -0.3 is 0 Å². The van der Waals surface area contributed by atoms with Crippen LogP contribution in [0.3, 0.4) is 0 Å². The molecule has 0 atom stereocenters. The van der Waals surface area contributed by atoms with Crippen LogP contribution in [0, 0.1) is 11.6 Å². The van der Waals surface area contributed by atoms with Crippen molar-refractivity contribution in [2.45, 2.75) is 0 Å². The zero-order chi connectivity index (χ0) is 14.4. The fourth-order valence-corrected chi connectivity index (χ4v) is 1.63. The van der Waals surface area contributed by atoms with Gasteiger partial charge in [-0.3, -0.25) is 4.79 Å². The minimum Gasteiger partial charge on any atom is -0.290 e. The van der Waals surface area contributed by atoms with Crippen LogP contribution >= 0.6 is 0 Å². The van der Waals surface area contributed by atoms with Crippen molar-refractivity contribution in [2.24, 2.45) is 0 Å². The van der Waals surface area contributed by atoms with Crippen LogP contribution in [-0.4, -0.2) is 5.78 Å². The first-order valence-electron chi connectivity index (χ1n) is 6.05. The lowest BCUT2D eigenvalue weighted by Gasteiger charge is -1.93. The van der Waals surface area contributed by atoms with Crippen LogP contribution in [0.4, 0.5) is 8.78 Å². The fraction of sp³-hybridized carbons (Fsp3) is 0. The summed E-state index contributed by atoms with van der Waals surface area (Å²) in [5.41, 5.74) is 1.22. The standard InChI is InChI=1S/C17H12F2O/c18-15-5-1-3-13(11-15)7-9-17(20)10-8-14-4-2-6-16(19)12-14/h1-12H/b9-7+,10-8+. The zero-order valence-corrected chi connectivity index (χ0v) is 10.6. The molecule has 0 fully saturated rings. The van der Waals surface area contributed by atoms with Crippen molar-refractivity contribution >= 4 is 17.9 Å². The molecule has 1 nitrogen and oxygen atoms in total. The maximum Gasteiger partial charge on any atom is 0.178 e. The SMILES string of the molecule is O=C(/C=C/c1cccc(F)c1)/C=C/c1cccc(F)c1. The predicted molar refractivity (Wildman–Crippen MR) is 75.9 cm³/mol. The van der Waals surface area contributed by atoms with Gasteiger partial charge >= 0.3 is 0 Å². The van der Waals surface area contributed by atoms with E-state index in [0.29, 0.717) is 11.1 Å². The topological polar surface area (TPSA) is 17.1 Å². The first kappa shape index (κ1) is 13.9. The Balaban J connectivity index is 2.02. The molecule has 0 bridgehead atoms. The number of halogens is 2. The summed E-state index contributed by atoms with van der Waals surface area (Å²) in [5.74, 6) is -0.955. The Kier molecular flexibility index (Phi) is 4.56. The van der Waals surface area contributed by atoms with E-state index in [9.17, 15) is 13.6 Å². The summed E-state index contributed by atoms with van der Waals surface area (Å²) in [5, 5.41) is 0. The molecule has 0 aliphatic rings. The van der Waals surface area contributed by atoms with E-state index in [-0.39, 0.29) is 17.4 Å². The third-order valence-electron chi connectivity index (χ3n) is 2.58. The number of hydrogen-bond acceptors (Lipinski definition) is 1. The van der Waals surface area contributed by atoms with Gasteiger partial charge in [0.05, 0.1) is 0 Å². The van der Waals surface area contributed by atoms with E-state index in [0.717, 1.165) is 0 Å². The molecule has 0 spiro atoms. The molecule has 20 heavy (non-hydrogen) atoms. The second-order valence-corrected chi connectivity index (χ2v) is 4.18. The van der Waals surface area contributed by atoms with Gasteiger partial charge in [0.25, 0.3) is 0 Å². The number of carbonyl (C=O) groups is 1. The third-order valence-corrected chi connectivity index (χ3v) is 2.58. The van der Waals surface area contributed by atoms with Crippen LogP contribution in [0.15, 0.2) is 60.7 Å². The van der Waals surface area contributed by atoms with Crippen molar-refractivity contribution in [1.29, 1.82) is 0 Å². The van der Waals surface area contributed by atoms with E-state index in [1.807, 2.05) is 0 Å². The van der Waals surface area contributed by atoms with Gasteiger partial charge in [-0.15, -0.1) is 0 Å². The van der Waals surface area contributed by atoms with Crippen molar-refractivity contribution in [2.75, 3.05) is 0 Å². The van der Waals surface area contributed by atoms with Gasteiger partial charge in [0.15, 0.2) is 5.78 Å². The van der Waals surface area contributed by atoms with Crippen LogP contribution in [0.25, 0.3) is 12.2 Å². The summed E-state index contributed by atoms with van der Waals surface area (Å²) in [7, 11) is 0. The maximum atomic E-state index is 12.9. The summed E-state index contributed by atoms with van der Waals surface area (Å²) in [6.07, 6.45) is 5.73. The van der Waals surface area contributed by atoms with E-state index >= 15 is 0 Å². The minimum atomic E-state index is -0.352. The average molecular weight is 270 g/mol. The van der Waals surface area contributed by atoms with E-state index < -0.39 is 0 Å². The van der Waals surface area contributed by atoms with Gasteiger partial charge in [-0.25, -0.2) is 8.78 Å². The molecule has 0 heterocycles. The van der Waals surface area contributed by atoms with Gasteiger partial charge in [0.1, 0.15) is 11.6 Å². The number of ketones is 1. The Hall–Kier alpha value is -2.55. The van der Waals surface area contributed by atoms with Gasteiger partial charge in [0, 0.05) is 0 Å². The van der Waals surface area contributed by atoms with E-state index in [2.05, 4.69) is 0 Å². The monoisotopic (exact) mass is 270 g/mol. The van der Waals surface area contributed by atoms with E-state index in [1.165, 1.54) is 48.6 Å². The molecule has 0 amide bonds. The summed E-state index contributed by atoms with van der Waals surface area (Å²) >= 11 is 0. The van der Waals surface area contributed by atoms with Crippen LogP contribution < -0.4 is 0 Å². The van der Waals surface area contributed by atoms with Gasteiger partial charge in [-0.2, -0.15) is 0 Å². The van der Waals surface area contributed by atoms with Crippen molar-refractivity contribution in [1.82, 2.24) is 0 Å². The highest BCUT2D eigenvalue weighted by Crippen LogP contribution is 2.07. The zero-order valence-electron chi connectivity index (χ0n) is 10.6. The maximum absolute atomic E-state index is 12.9. The number of allylic oxidation sites excluding steroid dienone is 2. The average Bonchev–Trinajstić information content (AvgIpc) is 2.43. The van der Waals surface area contributed by atoms with Gasteiger partial charge in [-0.1, -0.05) is 36.4 Å². The molecular weight excluding hydrogens is 258 g/mol. The number of rotatable bonds is 4. The molecular formula is C17H12F2O. The van der Waals surface area contributed by atoms with Crippen LogP contribution in [-0.2, 0) is 4.79 Å². The highest BCUT2D eigenvalue weighted by atomic mass is 19.1. The number of benzene rings is 2. The Labute approximate surface area is 115 Å². The molecule has 0 N–H and O–H groups in total. The molecule has 2 rings (SSSR count). The quantitative estimate of drug-likeness (QED) is 0.759. The summed E-state index contributed by atoms with van der Waals surface area (Å²) in [6, 6.07) is 11.9. The van der Waals surface area contributed by atoms with Crippen molar-refractivity contribution in [3.05, 3.63) is 83.4 Å². The molecule has 0 unspecified atom stereocenters. The first-order chi connectivity index (χ1) is 9.63. The molecule has 0 aliphatic carbocycles. The second-order valence-electron chi connectivity index (χ2n) is 4.18. The molecule has 0 saturated carbocycles. The van der Waals surface area contributed by atoms with Gasteiger partial charge in [-0.05, 0) is 47.5 Å².